The molecule has 6 heteroatoms. The summed E-state index contributed by atoms with van der Waals surface area (Å²) in [5.74, 6) is 0.167. The first kappa shape index (κ1) is 13.3. The average Bonchev–Trinajstić information content (AvgIpc) is 2.66. The van der Waals surface area contributed by atoms with E-state index in [4.69, 9.17) is 11.6 Å². The van der Waals surface area contributed by atoms with Crippen LogP contribution in [0.2, 0.25) is 5.15 Å². The maximum atomic E-state index is 11.6. The molecule has 1 amide bonds. The molecule has 0 spiro atoms. The smallest absolute Gasteiger partial charge is 0.224 e. The van der Waals surface area contributed by atoms with Crippen LogP contribution in [0.3, 0.4) is 0 Å². The zero-order valence-corrected chi connectivity index (χ0v) is 11.1. The predicted molar refractivity (Wildman–Crippen MR) is 68.2 cm³/mol. The standard InChI is InChI=1S/C10H16ClN3OS/c1-3-14(4-2)9(15)5-6-12-10-13-8(11)7-16-10/h7H,3-6H2,1-2H3,(H,12,13). The lowest BCUT2D eigenvalue weighted by atomic mass is 10.3. The summed E-state index contributed by atoms with van der Waals surface area (Å²) < 4.78 is 0. The topological polar surface area (TPSA) is 45.2 Å². The Hall–Kier alpha value is -0.810. The number of nitrogens with one attached hydrogen (secondary N) is 1. The Morgan fingerprint density at radius 1 is 1.56 bits per heavy atom. The summed E-state index contributed by atoms with van der Waals surface area (Å²) in [6, 6.07) is 0. The highest BCUT2D eigenvalue weighted by Crippen LogP contribution is 2.18. The van der Waals surface area contributed by atoms with Gasteiger partial charge >= 0.3 is 0 Å². The molecule has 4 nitrogen and oxygen atoms in total. The molecule has 0 radical (unpaired) electrons. The Morgan fingerprint density at radius 2 is 2.25 bits per heavy atom. The van der Waals surface area contributed by atoms with Gasteiger partial charge in [0.25, 0.3) is 0 Å². The first-order valence-corrected chi connectivity index (χ1v) is 6.55. The largest absolute Gasteiger partial charge is 0.361 e. The maximum Gasteiger partial charge on any atom is 0.224 e. The van der Waals surface area contributed by atoms with Crippen LogP contribution < -0.4 is 5.32 Å². The van der Waals surface area contributed by atoms with E-state index in [2.05, 4.69) is 10.3 Å². The van der Waals surface area contributed by atoms with Crippen molar-refractivity contribution in [2.75, 3.05) is 25.0 Å². The number of carbonyl (C=O) groups excluding carboxylic acids is 1. The van der Waals surface area contributed by atoms with Gasteiger partial charge in [0.05, 0.1) is 0 Å². The summed E-state index contributed by atoms with van der Waals surface area (Å²) >= 11 is 7.12. The fourth-order valence-corrected chi connectivity index (χ4v) is 2.21. The van der Waals surface area contributed by atoms with E-state index in [1.807, 2.05) is 18.7 Å². The van der Waals surface area contributed by atoms with Gasteiger partial charge in [0.2, 0.25) is 5.91 Å². The van der Waals surface area contributed by atoms with Crippen molar-refractivity contribution in [2.24, 2.45) is 0 Å². The van der Waals surface area contributed by atoms with Crippen LogP contribution >= 0.6 is 22.9 Å². The molecule has 0 aromatic carbocycles. The van der Waals surface area contributed by atoms with Gasteiger partial charge in [-0.05, 0) is 13.8 Å². The first-order valence-electron chi connectivity index (χ1n) is 5.30. The molecule has 0 saturated heterocycles. The quantitative estimate of drug-likeness (QED) is 0.856. The number of nitrogens with zero attached hydrogens (tertiary/aromatic N) is 2. The molecule has 0 aliphatic heterocycles. The number of hydrogen-bond acceptors (Lipinski definition) is 4. The minimum absolute atomic E-state index is 0.167. The van der Waals surface area contributed by atoms with Crippen molar-refractivity contribution in [3.05, 3.63) is 10.5 Å². The van der Waals surface area contributed by atoms with Crippen LogP contribution in [0, 0.1) is 0 Å². The normalized spacial score (nSPS) is 10.2. The number of halogens is 1. The molecule has 90 valence electrons. The zero-order chi connectivity index (χ0) is 12.0. The molecule has 0 aliphatic rings. The lowest BCUT2D eigenvalue weighted by Crippen LogP contribution is -2.31. The molecule has 16 heavy (non-hydrogen) atoms. The minimum Gasteiger partial charge on any atom is -0.361 e. The number of rotatable bonds is 6. The second-order valence-electron chi connectivity index (χ2n) is 3.22. The minimum atomic E-state index is 0.167. The highest BCUT2D eigenvalue weighted by atomic mass is 35.5. The summed E-state index contributed by atoms with van der Waals surface area (Å²) in [5.41, 5.74) is 0. The van der Waals surface area contributed by atoms with Crippen molar-refractivity contribution in [3.8, 4) is 0 Å². The number of aromatic nitrogens is 1. The van der Waals surface area contributed by atoms with Gasteiger partial charge in [0.1, 0.15) is 5.15 Å². The van der Waals surface area contributed by atoms with Crippen LogP contribution in [-0.2, 0) is 4.79 Å². The lowest BCUT2D eigenvalue weighted by molar-refractivity contribution is -0.130. The number of anilines is 1. The second kappa shape index (κ2) is 6.70. The van der Waals surface area contributed by atoms with Gasteiger partial charge in [-0.2, -0.15) is 0 Å². The van der Waals surface area contributed by atoms with Crippen LogP contribution in [0.4, 0.5) is 5.13 Å². The van der Waals surface area contributed by atoms with Gasteiger partial charge in [-0.25, -0.2) is 4.98 Å². The molecule has 0 fully saturated rings. The number of carbonyl (C=O) groups is 1. The molecule has 0 atom stereocenters. The molecular weight excluding hydrogens is 246 g/mol. The summed E-state index contributed by atoms with van der Waals surface area (Å²) in [4.78, 5) is 17.5. The van der Waals surface area contributed by atoms with E-state index in [0.29, 0.717) is 18.1 Å². The summed E-state index contributed by atoms with van der Waals surface area (Å²) in [7, 11) is 0. The van der Waals surface area contributed by atoms with Crippen LogP contribution in [0.25, 0.3) is 0 Å². The highest BCUT2D eigenvalue weighted by Gasteiger charge is 2.08. The van der Waals surface area contributed by atoms with Crippen LogP contribution in [0.1, 0.15) is 20.3 Å². The second-order valence-corrected chi connectivity index (χ2v) is 4.46. The number of amides is 1. The van der Waals surface area contributed by atoms with Crippen molar-refractivity contribution < 1.29 is 4.79 Å². The van der Waals surface area contributed by atoms with Crippen molar-refractivity contribution in [1.82, 2.24) is 9.88 Å². The Labute approximate surface area is 105 Å². The van der Waals surface area contributed by atoms with E-state index in [1.54, 1.807) is 5.38 Å². The van der Waals surface area contributed by atoms with E-state index < -0.39 is 0 Å². The molecule has 0 aliphatic carbocycles. The zero-order valence-electron chi connectivity index (χ0n) is 9.49. The van der Waals surface area contributed by atoms with E-state index in [1.165, 1.54) is 11.3 Å². The first-order chi connectivity index (χ1) is 7.67. The molecule has 0 bridgehead atoms. The summed E-state index contributed by atoms with van der Waals surface area (Å²) in [6.07, 6.45) is 0.485. The molecule has 1 N–H and O–H groups in total. The Balaban J connectivity index is 2.27. The van der Waals surface area contributed by atoms with Crippen LogP contribution in [-0.4, -0.2) is 35.4 Å². The average molecular weight is 262 g/mol. The van der Waals surface area contributed by atoms with Gasteiger partial charge in [-0.1, -0.05) is 11.6 Å². The molecule has 1 aromatic rings. The van der Waals surface area contributed by atoms with Gasteiger partial charge in [0, 0.05) is 31.4 Å². The van der Waals surface area contributed by atoms with E-state index >= 15 is 0 Å². The molecule has 1 rings (SSSR count). The molecule has 1 aromatic heterocycles. The van der Waals surface area contributed by atoms with Gasteiger partial charge in [-0.15, -0.1) is 11.3 Å². The van der Waals surface area contributed by atoms with Crippen molar-refractivity contribution in [3.63, 3.8) is 0 Å². The summed E-state index contributed by atoms with van der Waals surface area (Å²) in [6.45, 7) is 6.08. The van der Waals surface area contributed by atoms with E-state index in [9.17, 15) is 4.79 Å². The van der Waals surface area contributed by atoms with Crippen molar-refractivity contribution in [2.45, 2.75) is 20.3 Å². The third kappa shape index (κ3) is 3.98. The highest BCUT2D eigenvalue weighted by molar-refractivity contribution is 7.14. The predicted octanol–water partition coefficient (Wildman–Crippen LogP) is 2.47. The Morgan fingerprint density at radius 3 is 2.75 bits per heavy atom. The van der Waals surface area contributed by atoms with Crippen molar-refractivity contribution in [1.29, 1.82) is 0 Å². The number of hydrogen-bond donors (Lipinski definition) is 1. The molecule has 0 saturated carbocycles. The van der Waals surface area contributed by atoms with E-state index in [-0.39, 0.29) is 5.91 Å². The van der Waals surface area contributed by atoms with E-state index in [0.717, 1.165) is 18.2 Å². The van der Waals surface area contributed by atoms with Crippen molar-refractivity contribution >= 4 is 34.0 Å². The molecule has 1 heterocycles. The van der Waals surface area contributed by atoms with Gasteiger partial charge in [0.15, 0.2) is 5.13 Å². The number of thiazole rings is 1. The monoisotopic (exact) mass is 261 g/mol. The fraction of sp³-hybridized carbons (Fsp3) is 0.600. The SMILES string of the molecule is CCN(CC)C(=O)CCNc1nc(Cl)cs1. The Bertz CT molecular complexity index is 339. The van der Waals surface area contributed by atoms with Crippen LogP contribution in [0.15, 0.2) is 5.38 Å². The molecular formula is C10H16ClN3OS. The fourth-order valence-electron chi connectivity index (χ4n) is 1.35. The van der Waals surface area contributed by atoms with Crippen LogP contribution in [0.5, 0.6) is 0 Å². The maximum absolute atomic E-state index is 11.6. The Kier molecular flexibility index (Phi) is 5.55. The third-order valence-corrected chi connectivity index (χ3v) is 3.33. The lowest BCUT2D eigenvalue weighted by Gasteiger charge is -2.18. The molecule has 0 unspecified atom stereocenters. The van der Waals surface area contributed by atoms with Gasteiger partial charge in [-0.3, -0.25) is 4.79 Å². The third-order valence-electron chi connectivity index (χ3n) is 2.21. The summed E-state index contributed by atoms with van der Waals surface area (Å²) in [5, 5.41) is 6.08. The van der Waals surface area contributed by atoms with Gasteiger partial charge < -0.3 is 10.2 Å².